The van der Waals surface area contributed by atoms with Crippen molar-refractivity contribution in [1.29, 1.82) is 0 Å². The monoisotopic (exact) mass is 214 g/mol. The van der Waals surface area contributed by atoms with Crippen molar-refractivity contribution in [2.75, 3.05) is 6.54 Å². The standard InChI is InChI=1S/C9H12F2N4/c10-7-3-6(4-8(11)5-7)1-2-14-9(12)15-13/h3-5H,1-2,13H2,(H3,12,14,15). The topological polar surface area (TPSA) is 76.4 Å². The summed E-state index contributed by atoms with van der Waals surface area (Å²) in [5.74, 6) is 3.87. The van der Waals surface area contributed by atoms with Gasteiger partial charge in [-0.05, 0) is 24.1 Å². The first-order chi connectivity index (χ1) is 7.11. The molecule has 4 nitrogen and oxygen atoms in total. The van der Waals surface area contributed by atoms with E-state index in [1.165, 1.54) is 12.1 Å². The van der Waals surface area contributed by atoms with E-state index in [9.17, 15) is 8.78 Å². The van der Waals surface area contributed by atoms with E-state index in [4.69, 9.17) is 11.6 Å². The lowest BCUT2D eigenvalue weighted by atomic mass is 10.1. The lowest BCUT2D eigenvalue weighted by Crippen LogP contribution is -2.37. The zero-order valence-electron chi connectivity index (χ0n) is 8.00. The molecule has 1 rings (SSSR count). The molecule has 0 radical (unpaired) electrons. The summed E-state index contributed by atoms with van der Waals surface area (Å²) in [6, 6.07) is 3.33. The van der Waals surface area contributed by atoms with Gasteiger partial charge in [0, 0.05) is 12.6 Å². The number of hydrogen-bond donors (Lipinski definition) is 3. The number of nitrogens with two attached hydrogens (primary N) is 2. The van der Waals surface area contributed by atoms with Crippen LogP contribution in [0.1, 0.15) is 5.56 Å². The molecule has 0 saturated heterocycles. The molecule has 0 aliphatic heterocycles. The van der Waals surface area contributed by atoms with Crippen molar-refractivity contribution >= 4 is 5.96 Å². The molecule has 82 valence electrons. The first kappa shape index (κ1) is 11.4. The van der Waals surface area contributed by atoms with Gasteiger partial charge in [-0.25, -0.2) is 14.6 Å². The van der Waals surface area contributed by atoms with Crippen LogP contribution < -0.4 is 17.0 Å². The molecule has 0 atom stereocenters. The van der Waals surface area contributed by atoms with Crippen molar-refractivity contribution in [2.24, 2.45) is 16.6 Å². The van der Waals surface area contributed by atoms with Gasteiger partial charge in [0.05, 0.1) is 0 Å². The molecular formula is C9H12F2N4. The van der Waals surface area contributed by atoms with E-state index in [0.717, 1.165) is 6.07 Å². The van der Waals surface area contributed by atoms with Gasteiger partial charge in [0.1, 0.15) is 11.6 Å². The van der Waals surface area contributed by atoms with E-state index in [1.807, 2.05) is 0 Å². The molecule has 6 heteroatoms. The second kappa shape index (κ2) is 5.26. The van der Waals surface area contributed by atoms with E-state index < -0.39 is 11.6 Å². The Bertz CT molecular complexity index is 345. The summed E-state index contributed by atoms with van der Waals surface area (Å²) < 4.78 is 25.5. The van der Waals surface area contributed by atoms with Crippen molar-refractivity contribution in [3.8, 4) is 0 Å². The van der Waals surface area contributed by atoms with Gasteiger partial charge in [-0.3, -0.25) is 10.4 Å². The smallest absolute Gasteiger partial charge is 0.203 e. The van der Waals surface area contributed by atoms with Gasteiger partial charge in [0.15, 0.2) is 0 Å². The number of hydrazine groups is 1. The van der Waals surface area contributed by atoms with E-state index in [0.29, 0.717) is 18.5 Å². The molecule has 0 fully saturated rings. The third kappa shape index (κ3) is 3.90. The summed E-state index contributed by atoms with van der Waals surface area (Å²) in [5, 5.41) is 0. The minimum absolute atomic E-state index is 0.0897. The number of nitrogens with zero attached hydrogens (tertiary/aromatic N) is 1. The minimum atomic E-state index is -0.598. The molecular weight excluding hydrogens is 202 g/mol. The van der Waals surface area contributed by atoms with Crippen molar-refractivity contribution in [3.63, 3.8) is 0 Å². The van der Waals surface area contributed by atoms with Crippen LogP contribution >= 0.6 is 0 Å². The number of benzene rings is 1. The van der Waals surface area contributed by atoms with Gasteiger partial charge in [-0.2, -0.15) is 0 Å². The molecule has 0 saturated carbocycles. The first-order valence-electron chi connectivity index (χ1n) is 4.33. The highest BCUT2D eigenvalue weighted by atomic mass is 19.1. The molecule has 0 amide bonds. The van der Waals surface area contributed by atoms with Crippen molar-refractivity contribution in [2.45, 2.75) is 6.42 Å². The van der Waals surface area contributed by atoms with Crippen molar-refractivity contribution in [1.82, 2.24) is 5.43 Å². The van der Waals surface area contributed by atoms with Crippen molar-refractivity contribution in [3.05, 3.63) is 35.4 Å². The Hall–Kier alpha value is -1.69. The SMILES string of the molecule is NNC(N)=NCCc1cc(F)cc(F)c1. The molecule has 0 bridgehead atoms. The molecule has 0 heterocycles. The van der Waals surface area contributed by atoms with Crippen LogP contribution in [0.2, 0.25) is 0 Å². The minimum Gasteiger partial charge on any atom is -0.369 e. The summed E-state index contributed by atoms with van der Waals surface area (Å²) in [5.41, 5.74) is 7.95. The van der Waals surface area contributed by atoms with Crippen LogP contribution in [0.3, 0.4) is 0 Å². The Morgan fingerprint density at radius 2 is 1.87 bits per heavy atom. The lowest BCUT2D eigenvalue weighted by Gasteiger charge is -2.01. The highest BCUT2D eigenvalue weighted by Crippen LogP contribution is 2.08. The summed E-state index contributed by atoms with van der Waals surface area (Å²) in [6.45, 7) is 0.318. The van der Waals surface area contributed by atoms with Crippen LogP contribution in [-0.2, 0) is 6.42 Å². The van der Waals surface area contributed by atoms with Crippen LogP contribution in [0, 0.1) is 11.6 Å². The van der Waals surface area contributed by atoms with Gasteiger partial charge in [0.25, 0.3) is 0 Å². The highest BCUT2D eigenvalue weighted by molar-refractivity contribution is 5.77. The summed E-state index contributed by atoms with van der Waals surface area (Å²) in [6.07, 6.45) is 0.400. The van der Waals surface area contributed by atoms with Gasteiger partial charge >= 0.3 is 0 Å². The highest BCUT2D eigenvalue weighted by Gasteiger charge is 1.99. The van der Waals surface area contributed by atoms with Crippen LogP contribution in [-0.4, -0.2) is 12.5 Å². The zero-order chi connectivity index (χ0) is 11.3. The fourth-order valence-electron chi connectivity index (χ4n) is 1.11. The third-order valence-electron chi connectivity index (χ3n) is 1.75. The van der Waals surface area contributed by atoms with E-state index >= 15 is 0 Å². The Balaban J connectivity index is 2.58. The molecule has 15 heavy (non-hydrogen) atoms. The molecule has 0 aromatic heterocycles. The molecule has 0 aliphatic rings. The van der Waals surface area contributed by atoms with E-state index in [-0.39, 0.29) is 5.96 Å². The predicted octanol–water partition coefficient (Wildman–Crippen LogP) is 0.285. The summed E-state index contributed by atoms with van der Waals surface area (Å²) >= 11 is 0. The van der Waals surface area contributed by atoms with Crippen LogP contribution in [0.25, 0.3) is 0 Å². The second-order valence-electron chi connectivity index (χ2n) is 2.94. The Kier molecular flexibility index (Phi) is 3.99. The quantitative estimate of drug-likeness (QED) is 0.293. The third-order valence-corrected chi connectivity index (χ3v) is 1.75. The molecule has 1 aromatic carbocycles. The van der Waals surface area contributed by atoms with Gasteiger partial charge in [-0.15, -0.1) is 0 Å². The molecule has 0 aliphatic carbocycles. The summed E-state index contributed by atoms with van der Waals surface area (Å²) in [7, 11) is 0. The normalized spacial score (nSPS) is 11.5. The van der Waals surface area contributed by atoms with Crippen LogP contribution in [0.5, 0.6) is 0 Å². The molecule has 0 unspecified atom stereocenters. The fourth-order valence-corrected chi connectivity index (χ4v) is 1.11. The molecule has 0 spiro atoms. The number of hydrogen-bond acceptors (Lipinski definition) is 2. The Morgan fingerprint density at radius 1 is 1.27 bits per heavy atom. The Morgan fingerprint density at radius 3 is 2.40 bits per heavy atom. The van der Waals surface area contributed by atoms with E-state index in [2.05, 4.69) is 10.4 Å². The lowest BCUT2D eigenvalue weighted by molar-refractivity contribution is 0.579. The zero-order valence-corrected chi connectivity index (χ0v) is 8.00. The van der Waals surface area contributed by atoms with Gasteiger partial charge in [0.2, 0.25) is 5.96 Å². The maximum absolute atomic E-state index is 12.7. The van der Waals surface area contributed by atoms with Gasteiger partial charge in [-0.1, -0.05) is 0 Å². The largest absolute Gasteiger partial charge is 0.369 e. The molecule has 1 aromatic rings. The number of nitrogens with one attached hydrogen (secondary N) is 1. The van der Waals surface area contributed by atoms with Crippen LogP contribution in [0.4, 0.5) is 8.78 Å². The predicted molar refractivity (Wildman–Crippen MR) is 53.9 cm³/mol. The summed E-state index contributed by atoms with van der Waals surface area (Å²) in [4.78, 5) is 3.81. The molecule has 5 N–H and O–H groups in total. The maximum Gasteiger partial charge on any atom is 0.203 e. The van der Waals surface area contributed by atoms with E-state index in [1.54, 1.807) is 0 Å². The van der Waals surface area contributed by atoms with Crippen molar-refractivity contribution < 1.29 is 8.78 Å². The number of guanidine groups is 1. The number of halogens is 2. The second-order valence-corrected chi connectivity index (χ2v) is 2.94. The number of rotatable bonds is 3. The maximum atomic E-state index is 12.7. The Labute approximate surface area is 86.0 Å². The number of aliphatic imine (C=N–C) groups is 1. The fraction of sp³-hybridized carbons (Fsp3) is 0.222. The van der Waals surface area contributed by atoms with Crippen LogP contribution in [0.15, 0.2) is 23.2 Å². The average Bonchev–Trinajstić information content (AvgIpc) is 2.16. The van der Waals surface area contributed by atoms with Gasteiger partial charge < -0.3 is 5.73 Å². The first-order valence-corrected chi connectivity index (χ1v) is 4.33. The average molecular weight is 214 g/mol.